The lowest BCUT2D eigenvalue weighted by molar-refractivity contribution is -0.148. The minimum Gasteiger partial charge on any atom is -0.466 e. The molecule has 0 unspecified atom stereocenters. The zero-order valence-electron chi connectivity index (χ0n) is 7.52. The van der Waals surface area contributed by atoms with Gasteiger partial charge in [0.1, 0.15) is 0 Å². The summed E-state index contributed by atoms with van der Waals surface area (Å²) in [6, 6.07) is 0. The zero-order valence-corrected chi connectivity index (χ0v) is 7.52. The molecule has 2 N–H and O–H groups in total. The van der Waals surface area contributed by atoms with E-state index in [1.807, 2.05) is 0 Å². The molecule has 1 rings (SSSR count). The van der Waals surface area contributed by atoms with E-state index < -0.39 is 18.4 Å². The highest BCUT2D eigenvalue weighted by Crippen LogP contribution is 2.40. The molecular formula is C7H13BO5. The number of carbonyl (C=O) groups is 1. The average molecular weight is 188 g/mol. The van der Waals surface area contributed by atoms with Gasteiger partial charge in [-0.15, -0.1) is 0 Å². The van der Waals surface area contributed by atoms with E-state index in [-0.39, 0.29) is 19.6 Å². The molecule has 0 bridgehead atoms. The van der Waals surface area contributed by atoms with Crippen molar-refractivity contribution in [2.45, 2.75) is 18.7 Å². The quantitative estimate of drug-likeness (QED) is 0.445. The van der Waals surface area contributed by atoms with Crippen molar-refractivity contribution in [2.75, 3.05) is 19.8 Å². The Hall–Kier alpha value is -0.585. The van der Waals surface area contributed by atoms with E-state index in [1.165, 1.54) is 0 Å². The summed E-state index contributed by atoms with van der Waals surface area (Å²) in [4.78, 5) is 11.1. The van der Waals surface area contributed by atoms with Gasteiger partial charge in [-0.3, -0.25) is 4.79 Å². The van der Waals surface area contributed by atoms with E-state index in [2.05, 4.69) is 0 Å². The summed E-state index contributed by atoms with van der Waals surface area (Å²) in [5.74, 6) is -0.418. The number of hydrogen-bond donors (Lipinski definition) is 2. The Bertz CT molecular complexity index is 189. The first-order valence-electron chi connectivity index (χ1n) is 4.20. The highest BCUT2D eigenvalue weighted by Gasteiger charge is 2.50. The van der Waals surface area contributed by atoms with Gasteiger partial charge < -0.3 is 19.5 Å². The van der Waals surface area contributed by atoms with Crippen molar-refractivity contribution >= 4 is 13.1 Å². The van der Waals surface area contributed by atoms with E-state index in [1.54, 1.807) is 6.92 Å². The fourth-order valence-corrected chi connectivity index (χ4v) is 1.21. The molecule has 0 aromatic heterocycles. The lowest BCUT2D eigenvalue weighted by Crippen LogP contribution is -2.49. The molecule has 1 saturated heterocycles. The lowest BCUT2D eigenvalue weighted by Gasteiger charge is -2.39. The summed E-state index contributed by atoms with van der Waals surface area (Å²) in [6.45, 7) is 2.40. The molecule has 0 radical (unpaired) electrons. The molecular weight excluding hydrogens is 175 g/mol. The monoisotopic (exact) mass is 188 g/mol. The maximum atomic E-state index is 11.1. The van der Waals surface area contributed by atoms with Gasteiger partial charge in [0, 0.05) is 0 Å². The second-order valence-electron chi connectivity index (χ2n) is 3.21. The highest BCUT2D eigenvalue weighted by atomic mass is 16.5. The van der Waals surface area contributed by atoms with Crippen molar-refractivity contribution in [3.05, 3.63) is 0 Å². The maximum Gasteiger partial charge on any atom is 0.463 e. The fourth-order valence-electron chi connectivity index (χ4n) is 1.21. The predicted octanol–water partition coefficient (Wildman–Crippen LogP) is -0.817. The summed E-state index contributed by atoms with van der Waals surface area (Å²) in [7, 11) is -1.52. The minimum atomic E-state index is -1.52. The van der Waals surface area contributed by atoms with Gasteiger partial charge in [-0.05, 0) is 6.92 Å². The third kappa shape index (κ3) is 2.21. The Morgan fingerprint density at radius 2 is 2.23 bits per heavy atom. The largest absolute Gasteiger partial charge is 0.466 e. The molecule has 74 valence electrons. The average Bonchev–Trinajstić information content (AvgIpc) is 1.96. The van der Waals surface area contributed by atoms with Crippen LogP contribution in [0.15, 0.2) is 0 Å². The van der Waals surface area contributed by atoms with Gasteiger partial charge in [0.2, 0.25) is 0 Å². The number of esters is 1. The molecule has 0 aromatic rings. The smallest absolute Gasteiger partial charge is 0.463 e. The number of hydrogen-bond acceptors (Lipinski definition) is 5. The van der Waals surface area contributed by atoms with Crippen LogP contribution in [0, 0.1) is 0 Å². The normalized spacial score (nSPS) is 19.0. The first-order chi connectivity index (χ1) is 6.10. The van der Waals surface area contributed by atoms with Crippen LogP contribution in [0.2, 0.25) is 5.31 Å². The SMILES string of the molecule is CCOC(=O)CC1(B(O)O)COC1. The van der Waals surface area contributed by atoms with Gasteiger partial charge in [-0.25, -0.2) is 0 Å². The van der Waals surface area contributed by atoms with Crippen LogP contribution in [0.25, 0.3) is 0 Å². The van der Waals surface area contributed by atoms with Crippen molar-refractivity contribution in [1.82, 2.24) is 0 Å². The molecule has 0 atom stereocenters. The standard InChI is InChI=1S/C7H13BO5/c1-2-13-6(9)3-7(8(10)11)4-12-5-7/h10-11H,2-5H2,1H3. The highest BCUT2D eigenvalue weighted by molar-refractivity contribution is 6.46. The molecule has 0 spiro atoms. The topological polar surface area (TPSA) is 76.0 Å². The van der Waals surface area contributed by atoms with Crippen LogP contribution in [-0.2, 0) is 14.3 Å². The van der Waals surface area contributed by atoms with Gasteiger partial charge in [0.25, 0.3) is 0 Å². The van der Waals surface area contributed by atoms with Gasteiger partial charge in [-0.2, -0.15) is 0 Å². The molecule has 1 fully saturated rings. The van der Waals surface area contributed by atoms with Crippen molar-refractivity contribution in [3.8, 4) is 0 Å². The van der Waals surface area contributed by atoms with E-state index in [0.29, 0.717) is 6.61 Å². The van der Waals surface area contributed by atoms with E-state index in [9.17, 15) is 4.79 Å². The molecule has 1 aliphatic rings. The van der Waals surface area contributed by atoms with Crippen LogP contribution >= 0.6 is 0 Å². The van der Waals surface area contributed by atoms with E-state index >= 15 is 0 Å². The molecule has 5 nitrogen and oxygen atoms in total. The zero-order chi connectivity index (χ0) is 9.90. The molecule has 1 aliphatic heterocycles. The van der Waals surface area contributed by atoms with Crippen LogP contribution in [-0.4, -0.2) is 43.0 Å². The molecule has 0 amide bonds. The van der Waals surface area contributed by atoms with Crippen molar-refractivity contribution in [2.24, 2.45) is 0 Å². The Kier molecular flexibility index (Phi) is 3.30. The summed E-state index contributed by atoms with van der Waals surface area (Å²) in [6.07, 6.45) is -0.00148. The molecule has 0 aliphatic carbocycles. The first kappa shape index (κ1) is 10.5. The van der Waals surface area contributed by atoms with Crippen molar-refractivity contribution < 1.29 is 24.3 Å². The summed E-state index contributed by atoms with van der Waals surface area (Å²) in [5.41, 5.74) is 0. The summed E-state index contributed by atoms with van der Waals surface area (Å²) >= 11 is 0. The number of carbonyl (C=O) groups excluding carboxylic acids is 1. The van der Waals surface area contributed by atoms with Crippen LogP contribution in [0.4, 0.5) is 0 Å². The summed E-state index contributed by atoms with van der Waals surface area (Å²) in [5, 5.41) is 17.2. The Balaban J connectivity index is 2.44. The Labute approximate surface area is 76.8 Å². The van der Waals surface area contributed by atoms with Gasteiger partial charge in [-0.1, -0.05) is 0 Å². The molecule has 6 heteroatoms. The van der Waals surface area contributed by atoms with Gasteiger partial charge >= 0.3 is 13.1 Å². The molecule has 1 heterocycles. The van der Waals surface area contributed by atoms with Gasteiger partial charge in [0.05, 0.1) is 31.6 Å². The molecule has 0 saturated carbocycles. The van der Waals surface area contributed by atoms with Crippen LogP contribution in [0.5, 0.6) is 0 Å². The third-order valence-corrected chi connectivity index (χ3v) is 2.13. The Morgan fingerprint density at radius 1 is 1.62 bits per heavy atom. The number of ether oxygens (including phenoxy) is 2. The minimum absolute atomic E-state index is 0.00148. The summed E-state index contributed by atoms with van der Waals surface area (Å²) < 4.78 is 9.56. The lowest BCUT2D eigenvalue weighted by atomic mass is 9.55. The maximum absolute atomic E-state index is 11.1. The van der Waals surface area contributed by atoms with Crippen LogP contribution < -0.4 is 0 Å². The predicted molar refractivity (Wildman–Crippen MR) is 45.0 cm³/mol. The molecule has 0 aromatic carbocycles. The van der Waals surface area contributed by atoms with Crippen LogP contribution in [0.3, 0.4) is 0 Å². The van der Waals surface area contributed by atoms with Crippen LogP contribution in [0.1, 0.15) is 13.3 Å². The fraction of sp³-hybridized carbons (Fsp3) is 0.857. The number of rotatable bonds is 4. The third-order valence-electron chi connectivity index (χ3n) is 2.13. The van der Waals surface area contributed by atoms with Crippen molar-refractivity contribution in [3.63, 3.8) is 0 Å². The van der Waals surface area contributed by atoms with E-state index in [4.69, 9.17) is 19.5 Å². The second-order valence-corrected chi connectivity index (χ2v) is 3.21. The molecule has 13 heavy (non-hydrogen) atoms. The first-order valence-corrected chi connectivity index (χ1v) is 4.20. The van der Waals surface area contributed by atoms with Crippen molar-refractivity contribution in [1.29, 1.82) is 0 Å². The van der Waals surface area contributed by atoms with Gasteiger partial charge in [0.15, 0.2) is 0 Å². The Morgan fingerprint density at radius 3 is 2.54 bits per heavy atom. The second kappa shape index (κ2) is 4.08. The van der Waals surface area contributed by atoms with E-state index in [0.717, 1.165) is 0 Å².